The highest BCUT2D eigenvalue weighted by Crippen LogP contribution is 2.37. The Morgan fingerprint density at radius 1 is 1.18 bits per heavy atom. The Hall–Kier alpha value is -2.01. The second kappa shape index (κ2) is 5.32. The second-order valence-corrected chi connectivity index (χ2v) is 5.90. The lowest BCUT2D eigenvalue weighted by atomic mass is 9.95. The van der Waals surface area contributed by atoms with Crippen molar-refractivity contribution in [2.45, 2.75) is 26.5 Å². The van der Waals surface area contributed by atoms with E-state index in [1.165, 1.54) is 12.1 Å². The van der Waals surface area contributed by atoms with Crippen molar-refractivity contribution in [1.29, 1.82) is 0 Å². The summed E-state index contributed by atoms with van der Waals surface area (Å²) in [4.78, 5) is 4.68. The number of aryl methyl sites for hydroxylation is 1. The van der Waals surface area contributed by atoms with E-state index in [-0.39, 0.29) is 5.82 Å². The molecule has 0 amide bonds. The first-order valence-electron chi connectivity index (χ1n) is 6.91. The lowest BCUT2D eigenvalue weighted by Gasteiger charge is -2.31. The molecule has 0 bridgehead atoms. The van der Waals surface area contributed by atoms with E-state index in [1.54, 1.807) is 18.2 Å². The van der Waals surface area contributed by atoms with Crippen LogP contribution in [0.15, 0.2) is 41.4 Å². The molecule has 0 spiro atoms. The summed E-state index contributed by atoms with van der Waals surface area (Å²) in [5.74, 6) is 1.02. The van der Waals surface area contributed by atoms with Crippen LogP contribution in [0.25, 0.3) is 0 Å². The second-order valence-electron chi connectivity index (χ2n) is 5.72. The van der Waals surface area contributed by atoms with Gasteiger partial charge in [-0.1, -0.05) is 0 Å². The van der Waals surface area contributed by atoms with Crippen molar-refractivity contribution < 1.29 is 13.3 Å². The number of nitrogens with zero attached hydrogens (tertiary/aromatic N) is 1. The lowest BCUT2D eigenvalue weighted by molar-refractivity contribution is 0.115. The minimum absolute atomic E-state index is 0.272. The van der Waals surface area contributed by atoms with Gasteiger partial charge in [-0.2, -0.15) is 0 Å². The number of fused-ring (bicyclic) bond motifs is 1. The van der Waals surface area contributed by atoms with E-state index >= 15 is 0 Å². The van der Waals surface area contributed by atoms with Crippen LogP contribution in [0.1, 0.15) is 30.5 Å². The number of benzene rings is 2. The minimum atomic E-state index is -0.710. The molecule has 114 valence electrons. The maximum Gasteiger partial charge on any atom is 0.195 e. The molecule has 5 heteroatoms. The smallest absolute Gasteiger partial charge is 0.195 e. The van der Waals surface area contributed by atoms with Gasteiger partial charge in [-0.05, 0) is 56.7 Å². The minimum Gasteiger partial charge on any atom is -0.466 e. The van der Waals surface area contributed by atoms with Crippen molar-refractivity contribution in [2.24, 2.45) is 4.99 Å². The Kier molecular flexibility index (Phi) is 3.60. The number of hydrogen-bond donors (Lipinski definition) is 1. The normalized spacial score (nSPS) is 15.6. The van der Waals surface area contributed by atoms with Crippen LogP contribution in [0.4, 0.5) is 4.39 Å². The van der Waals surface area contributed by atoms with Crippen molar-refractivity contribution in [3.05, 3.63) is 58.9 Å². The molecule has 0 N–H and O–H groups in total. The summed E-state index contributed by atoms with van der Waals surface area (Å²) in [5.41, 5.74) is 2.77. The molecule has 3 nitrogen and oxygen atoms in total. The fraction of sp³-hybridized carbons (Fsp3) is 0.235. The predicted molar refractivity (Wildman–Crippen MR) is 87.5 cm³/mol. The zero-order chi connectivity index (χ0) is 15.9. The molecule has 0 saturated carbocycles. The summed E-state index contributed by atoms with van der Waals surface area (Å²) in [6.07, 6.45) is 0. The van der Waals surface area contributed by atoms with E-state index in [0.717, 1.165) is 22.4 Å². The van der Waals surface area contributed by atoms with Crippen LogP contribution in [-0.4, -0.2) is 11.4 Å². The van der Waals surface area contributed by atoms with Gasteiger partial charge in [0, 0.05) is 30.1 Å². The third kappa shape index (κ3) is 2.68. The van der Waals surface area contributed by atoms with Gasteiger partial charge in [0.25, 0.3) is 0 Å². The van der Waals surface area contributed by atoms with Gasteiger partial charge in [0.15, 0.2) is 5.72 Å². The van der Waals surface area contributed by atoms with E-state index in [4.69, 9.17) is 8.92 Å². The molecule has 0 aliphatic carbocycles. The van der Waals surface area contributed by atoms with Gasteiger partial charge in [-0.15, -0.1) is 0 Å². The van der Waals surface area contributed by atoms with Gasteiger partial charge in [0.1, 0.15) is 17.3 Å². The van der Waals surface area contributed by atoms with Crippen molar-refractivity contribution in [3.63, 3.8) is 0 Å². The van der Waals surface area contributed by atoms with E-state index in [0.29, 0.717) is 11.5 Å². The third-order valence-corrected chi connectivity index (χ3v) is 3.68. The molecule has 2 aromatic rings. The maximum absolute atomic E-state index is 13.2. The summed E-state index contributed by atoms with van der Waals surface area (Å²) < 4.78 is 24.1. The summed E-state index contributed by atoms with van der Waals surface area (Å²) >= 11 is 3.84. The fourth-order valence-corrected chi connectivity index (χ4v) is 2.70. The molecule has 0 unspecified atom stereocenters. The molecule has 22 heavy (non-hydrogen) atoms. The number of aliphatic imine (C=N–C) groups is 1. The molecule has 2 aromatic carbocycles. The lowest BCUT2D eigenvalue weighted by Crippen LogP contribution is -2.32. The molecular weight excluding hydrogens is 301 g/mol. The monoisotopic (exact) mass is 317 g/mol. The van der Waals surface area contributed by atoms with E-state index in [9.17, 15) is 4.39 Å². The third-order valence-electron chi connectivity index (χ3n) is 3.47. The number of rotatable bonds is 2. The van der Waals surface area contributed by atoms with Gasteiger partial charge in [-0.25, -0.2) is 9.38 Å². The van der Waals surface area contributed by atoms with E-state index in [2.05, 4.69) is 17.9 Å². The van der Waals surface area contributed by atoms with Crippen molar-refractivity contribution in [1.82, 2.24) is 0 Å². The Labute approximate surface area is 134 Å². The summed E-state index contributed by atoms with van der Waals surface area (Å²) in [6, 6.07) is 9.96. The van der Waals surface area contributed by atoms with Crippen LogP contribution in [-0.2, 0) is 0 Å². The molecule has 0 radical (unpaired) electrons. The van der Waals surface area contributed by atoms with E-state index < -0.39 is 5.72 Å². The van der Waals surface area contributed by atoms with Crippen LogP contribution >= 0.6 is 12.9 Å². The molecule has 1 aliphatic heterocycles. The average Bonchev–Trinajstić information content (AvgIpc) is 2.45. The van der Waals surface area contributed by atoms with Crippen molar-refractivity contribution >= 4 is 18.6 Å². The van der Waals surface area contributed by atoms with Gasteiger partial charge in [0.05, 0.1) is 5.71 Å². The first-order valence-corrected chi connectivity index (χ1v) is 7.27. The summed E-state index contributed by atoms with van der Waals surface area (Å²) in [5, 5.41) is 0. The van der Waals surface area contributed by atoms with Crippen LogP contribution in [0.5, 0.6) is 11.5 Å². The predicted octanol–water partition coefficient (Wildman–Crippen LogP) is 4.32. The SMILES string of the molecule is Cc1cc(OS)cc2c1C(c1ccc(F)cc1)=NC(C)(C)O2. The quantitative estimate of drug-likeness (QED) is 0.660. The Morgan fingerprint density at radius 3 is 2.50 bits per heavy atom. The molecule has 3 rings (SSSR count). The van der Waals surface area contributed by atoms with E-state index in [1.807, 2.05) is 26.8 Å². The van der Waals surface area contributed by atoms with Gasteiger partial charge >= 0.3 is 0 Å². The number of hydrogen-bond acceptors (Lipinski definition) is 4. The Morgan fingerprint density at radius 2 is 1.86 bits per heavy atom. The van der Waals surface area contributed by atoms with Crippen LogP contribution < -0.4 is 8.92 Å². The number of ether oxygens (including phenoxy) is 1. The molecule has 1 aliphatic rings. The molecule has 0 aromatic heterocycles. The molecule has 0 fully saturated rings. The highest BCUT2D eigenvalue weighted by Gasteiger charge is 2.30. The van der Waals surface area contributed by atoms with Crippen LogP contribution in [0.3, 0.4) is 0 Å². The highest BCUT2D eigenvalue weighted by atomic mass is 32.1. The van der Waals surface area contributed by atoms with Gasteiger partial charge in [-0.3, -0.25) is 0 Å². The van der Waals surface area contributed by atoms with Crippen LogP contribution in [0, 0.1) is 12.7 Å². The Bertz CT molecular complexity index is 754. The first kappa shape index (κ1) is 14.9. The first-order chi connectivity index (χ1) is 10.4. The largest absolute Gasteiger partial charge is 0.466 e. The molecular formula is C17H16FNO2S. The molecule has 0 saturated heterocycles. The standard InChI is InChI=1S/C17H16FNO2S/c1-10-8-13(21-22)9-14-15(10)16(19-17(2,3)20-14)11-4-6-12(18)7-5-11/h4-9,22H,1-3H3. The maximum atomic E-state index is 13.2. The number of thiol groups is 1. The van der Waals surface area contributed by atoms with Crippen molar-refractivity contribution in [2.75, 3.05) is 0 Å². The summed E-state index contributed by atoms with van der Waals surface area (Å²) in [6.45, 7) is 5.71. The van der Waals surface area contributed by atoms with Crippen molar-refractivity contribution in [3.8, 4) is 11.5 Å². The highest BCUT2D eigenvalue weighted by molar-refractivity contribution is 7.75. The topological polar surface area (TPSA) is 30.8 Å². The zero-order valence-electron chi connectivity index (χ0n) is 12.6. The zero-order valence-corrected chi connectivity index (χ0v) is 13.4. The average molecular weight is 317 g/mol. The Balaban J connectivity index is 2.22. The van der Waals surface area contributed by atoms with Gasteiger partial charge in [0.2, 0.25) is 0 Å². The molecule has 0 atom stereocenters. The fourth-order valence-electron chi connectivity index (χ4n) is 2.59. The van der Waals surface area contributed by atoms with Crippen LogP contribution in [0.2, 0.25) is 0 Å². The molecule has 1 heterocycles. The van der Waals surface area contributed by atoms with Gasteiger partial charge < -0.3 is 8.92 Å². The summed E-state index contributed by atoms with van der Waals surface area (Å²) in [7, 11) is 0. The number of halogens is 1.